The topological polar surface area (TPSA) is 136 Å². The maximum Gasteiger partial charge on any atom is 0.344 e. The summed E-state index contributed by atoms with van der Waals surface area (Å²) in [4.78, 5) is 42.8. The van der Waals surface area contributed by atoms with Gasteiger partial charge in [-0.25, -0.2) is 9.59 Å². The second-order valence-corrected chi connectivity index (χ2v) is 11.4. The van der Waals surface area contributed by atoms with E-state index in [2.05, 4.69) is 15.9 Å². The zero-order valence-electron chi connectivity index (χ0n) is 21.9. The molecule has 6 rings (SSSR count). The van der Waals surface area contributed by atoms with Crippen LogP contribution in [0, 0.1) is 18.3 Å². The number of carbonyl (C=O) groups is 2. The molecule has 0 bridgehead atoms. The van der Waals surface area contributed by atoms with Gasteiger partial charge in [0.05, 0.1) is 16.8 Å². The molecule has 0 saturated heterocycles. The first kappa shape index (κ1) is 25.6. The second-order valence-electron chi connectivity index (χ2n) is 10.5. The van der Waals surface area contributed by atoms with E-state index in [1.807, 2.05) is 32.9 Å². The first-order valence-electron chi connectivity index (χ1n) is 12.3. The predicted molar refractivity (Wildman–Crippen MR) is 149 cm³/mol. The van der Waals surface area contributed by atoms with Gasteiger partial charge in [0.15, 0.2) is 5.41 Å². The number of nitrogens with zero attached hydrogens (tertiary/aromatic N) is 2. The molecule has 1 atom stereocenters. The van der Waals surface area contributed by atoms with Gasteiger partial charge in [-0.05, 0) is 69.7 Å². The average Bonchev–Trinajstić information content (AvgIpc) is 3.12. The number of carbonyl (C=O) groups excluding carboxylic acids is 2. The van der Waals surface area contributed by atoms with Crippen LogP contribution in [0.25, 0.3) is 5.57 Å². The van der Waals surface area contributed by atoms with Gasteiger partial charge in [-0.15, -0.1) is 0 Å². The first-order chi connectivity index (χ1) is 18.9. The lowest BCUT2D eigenvalue weighted by Gasteiger charge is -2.40. The number of aryl methyl sites for hydroxylation is 1. The van der Waals surface area contributed by atoms with Gasteiger partial charge in [-0.1, -0.05) is 22.0 Å². The van der Waals surface area contributed by atoms with E-state index in [-0.39, 0.29) is 39.8 Å². The Kier molecular flexibility index (Phi) is 5.41. The molecular formula is C30H22BrN3O6. The minimum atomic E-state index is -1.99. The average molecular weight is 600 g/mol. The van der Waals surface area contributed by atoms with E-state index in [0.717, 1.165) is 10.0 Å². The number of ether oxygens (including phenoxy) is 2. The number of esters is 1. The van der Waals surface area contributed by atoms with Crippen LogP contribution in [0.1, 0.15) is 53.6 Å². The maximum atomic E-state index is 14.7. The molecule has 10 heteroatoms. The summed E-state index contributed by atoms with van der Waals surface area (Å²) < 4.78 is 17.7. The molecular weight excluding hydrogens is 578 g/mol. The largest absolute Gasteiger partial charge is 0.440 e. The molecule has 9 nitrogen and oxygen atoms in total. The van der Waals surface area contributed by atoms with Crippen LogP contribution in [0.5, 0.6) is 11.5 Å². The molecule has 3 aromatic rings. The Hall–Kier alpha value is -4.62. The van der Waals surface area contributed by atoms with Crippen LogP contribution in [0.3, 0.4) is 0 Å². The van der Waals surface area contributed by atoms with Crippen LogP contribution in [0.2, 0.25) is 0 Å². The Bertz CT molecular complexity index is 1840. The van der Waals surface area contributed by atoms with Gasteiger partial charge in [-0.3, -0.25) is 4.79 Å². The van der Waals surface area contributed by atoms with Crippen molar-refractivity contribution in [1.82, 2.24) is 0 Å². The molecule has 2 N–H and O–H groups in total. The van der Waals surface area contributed by atoms with Gasteiger partial charge in [0, 0.05) is 21.7 Å². The maximum absolute atomic E-state index is 14.7. The number of nitriles is 1. The van der Waals surface area contributed by atoms with Gasteiger partial charge in [0.2, 0.25) is 11.8 Å². The standard InChI is InChI=1S/C30H22BrN3O6/c1-14-12-29(3,4)34-24-19(14)10-18(39-26(35)16-5-7-17(31)8-6-16)11-20(24)30(28(34)37)21(13-32)25(33)40-22-9-15(2)38-27(36)23(22)30/h5-12H,33H2,1-4H3. The number of amides is 1. The molecule has 0 radical (unpaired) electrons. The van der Waals surface area contributed by atoms with Crippen molar-refractivity contribution < 1.29 is 23.5 Å². The van der Waals surface area contributed by atoms with Crippen LogP contribution >= 0.6 is 15.9 Å². The number of anilines is 1. The summed E-state index contributed by atoms with van der Waals surface area (Å²) in [6.07, 6.45) is 1.91. The zero-order chi connectivity index (χ0) is 28.7. The minimum Gasteiger partial charge on any atom is -0.440 e. The van der Waals surface area contributed by atoms with Crippen molar-refractivity contribution in [2.75, 3.05) is 4.90 Å². The number of rotatable bonds is 2. The molecule has 1 amide bonds. The highest BCUT2D eigenvalue weighted by molar-refractivity contribution is 9.10. The Labute approximate surface area is 237 Å². The van der Waals surface area contributed by atoms with Crippen LogP contribution < -0.4 is 25.7 Å². The van der Waals surface area contributed by atoms with Crippen molar-refractivity contribution in [1.29, 1.82) is 5.26 Å². The summed E-state index contributed by atoms with van der Waals surface area (Å²) in [7, 11) is 0. The summed E-state index contributed by atoms with van der Waals surface area (Å²) in [6.45, 7) is 7.17. The highest BCUT2D eigenvalue weighted by Crippen LogP contribution is 2.59. The Morgan fingerprint density at radius 1 is 1.12 bits per heavy atom. The Morgan fingerprint density at radius 2 is 1.82 bits per heavy atom. The quantitative estimate of drug-likeness (QED) is 0.326. The molecule has 0 aliphatic carbocycles. The fourth-order valence-electron chi connectivity index (χ4n) is 5.96. The smallest absolute Gasteiger partial charge is 0.344 e. The van der Waals surface area contributed by atoms with Crippen molar-refractivity contribution in [2.45, 2.75) is 38.6 Å². The summed E-state index contributed by atoms with van der Waals surface area (Å²) in [6, 6.07) is 13.3. The lowest BCUT2D eigenvalue weighted by Crippen LogP contribution is -2.54. The molecule has 4 heterocycles. The molecule has 0 fully saturated rings. The third kappa shape index (κ3) is 3.34. The number of halogens is 1. The van der Waals surface area contributed by atoms with Gasteiger partial charge >= 0.3 is 11.6 Å². The monoisotopic (exact) mass is 599 g/mol. The fourth-order valence-corrected chi connectivity index (χ4v) is 6.22. The normalized spacial score (nSPS) is 19.9. The molecule has 0 saturated carbocycles. The highest BCUT2D eigenvalue weighted by Gasteiger charge is 2.64. The van der Waals surface area contributed by atoms with E-state index < -0.39 is 28.5 Å². The molecule has 2 aromatic carbocycles. The van der Waals surface area contributed by atoms with Crippen molar-refractivity contribution in [2.24, 2.45) is 5.73 Å². The van der Waals surface area contributed by atoms with Crippen molar-refractivity contribution in [3.05, 3.63) is 103 Å². The Balaban J connectivity index is 1.68. The molecule has 200 valence electrons. The SMILES string of the molecule is CC1=CC(C)(C)N2C(=O)C3(C(C#N)=C(N)Oc4cc(C)oc(=O)c43)c3cc(OC(=O)c4ccc(Br)cc4)cc1c32. The van der Waals surface area contributed by atoms with Crippen molar-refractivity contribution in [3.8, 4) is 17.6 Å². The van der Waals surface area contributed by atoms with E-state index in [1.54, 1.807) is 42.2 Å². The minimum absolute atomic E-state index is 0.0203. The number of hydrogen-bond acceptors (Lipinski definition) is 8. The number of allylic oxidation sites excluding steroid dienone is 1. The van der Waals surface area contributed by atoms with Gasteiger partial charge < -0.3 is 24.5 Å². The van der Waals surface area contributed by atoms with Crippen LogP contribution in [-0.2, 0) is 10.2 Å². The van der Waals surface area contributed by atoms with Gasteiger partial charge in [-0.2, -0.15) is 5.26 Å². The van der Waals surface area contributed by atoms with Gasteiger partial charge in [0.25, 0.3) is 0 Å². The summed E-state index contributed by atoms with van der Waals surface area (Å²) in [5, 5.41) is 10.3. The van der Waals surface area contributed by atoms with E-state index >= 15 is 0 Å². The van der Waals surface area contributed by atoms with Crippen LogP contribution in [0.15, 0.2) is 73.7 Å². The van der Waals surface area contributed by atoms with E-state index in [1.165, 1.54) is 12.1 Å². The second kappa shape index (κ2) is 8.44. The summed E-state index contributed by atoms with van der Waals surface area (Å²) in [5.74, 6) is -1.09. The number of nitrogens with two attached hydrogens (primary N) is 1. The highest BCUT2D eigenvalue weighted by atomic mass is 79.9. The zero-order valence-corrected chi connectivity index (χ0v) is 23.5. The molecule has 3 aliphatic rings. The Morgan fingerprint density at radius 3 is 2.50 bits per heavy atom. The number of fused-ring (bicyclic) bond motifs is 3. The van der Waals surface area contributed by atoms with Crippen LogP contribution in [-0.4, -0.2) is 17.4 Å². The fraction of sp³-hybridized carbons (Fsp3) is 0.200. The van der Waals surface area contributed by atoms with Gasteiger partial charge in [0.1, 0.15) is 34.5 Å². The summed E-state index contributed by atoms with van der Waals surface area (Å²) >= 11 is 3.35. The number of benzene rings is 2. The molecule has 3 aliphatic heterocycles. The third-order valence-corrected chi connectivity index (χ3v) is 7.99. The predicted octanol–water partition coefficient (Wildman–Crippen LogP) is 4.84. The first-order valence-corrected chi connectivity index (χ1v) is 13.1. The third-order valence-electron chi connectivity index (χ3n) is 7.46. The lowest BCUT2D eigenvalue weighted by molar-refractivity contribution is -0.121. The van der Waals surface area contributed by atoms with E-state index in [4.69, 9.17) is 19.6 Å². The number of hydrogen-bond donors (Lipinski definition) is 1. The van der Waals surface area contributed by atoms with Crippen molar-refractivity contribution in [3.63, 3.8) is 0 Å². The van der Waals surface area contributed by atoms with Crippen molar-refractivity contribution >= 4 is 39.1 Å². The molecule has 1 unspecified atom stereocenters. The van der Waals surface area contributed by atoms with E-state index in [9.17, 15) is 19.6 Å². The lowest BCUT2D eigenvalue weighted by atomic mass is 9.69. The van der Waals surface area contributed by atoms with Crippen LogP contribution in [0.4, 0.5) is 5.69 Å². The van der Waals surface area contributed by atoms with E-state index in [0.29, 0.717) is 16.8 Å². The molecule has 40 heavy (non-hydrogen) atoms. The molecule has 1 aromatic heterocycles. The molecule has 1 spiro atoms. The summed E-state index contributed by atoms with van der Waals surface area (Å²) in [5.41, 5.74) is 4.70.